The second-order valence-electron chi connectivity index (χ2n) is 5.24. The second kappa shape index (κ2) is 25.0. The Morgan fingerprint density at radius 1 is 1.00 bits per heavy atom. The topological polar surface area (TPSA) is 28.2 Å². The van der Waals surface area contributed by atoms with E-state index >= 15 is 0 Å². The van der Waals surface area contributed by atoms with Gasteiger partial charge in [-0.05, 0) is 12.8 Å². The molecule has 0 unspecified atom stereocenters. The molecule has 3 heteroatoms. The SMILES string of the molecule is C=CCCC[N-]CC.C=CCCC[N-]CC.C[CH2][Zr+2][C]1=CC=CC1. The van der Waals surface area contributed by atoms with Crippen molar-refractivity contribution in [1.82, 2.24) is 0 Å². The van der Waals surface area contributed by atoms with Crippen molar-refractivity contribution in [1.29, 1.82) is 0 Å². The summed E-state index contributed by atoms with van der Waals surface area (Å²) in [5, 5.41) is 8.32. The van der Waals surface area contributed by atoms with Crippen LogP contribution in [0.3, 0.4) is 0 Å². The molecule has 0 aromatic heterocycles. The van der Waals surface area contributed by atoms with E-state index in [1.807, 2.05) is 12.2 Å². The van der Waals surface area contributed by atoms with Crippen molar-refractivity contribution in [3.63, 3.8) is 0 Å². The molecule has 1 aliphatic carbocycles. The Morgan fingerprint density at radius 3 is 1.88 bits per heavy atom. The van der Waals surface area contributed by atoms with Crippen molar-refractivity contribution in [3.05, 3.63) is 57.5 Å². The van der Waals surface area contributed by atoms with Crippen LogP contribution in [-0.4, -0.2) is 26.2 Å². The Kier molecular flexibility index (Phi) is 27.1. The number of unbranched alkanes of at least 4 members (excludes halogenated alkanes) is 2. The van der Waals surface area contributed by atoms with Crippen molar-refractivity contribution >= 4 is 0 Å². The van der Waals surface area contributed by atoms with Gasteiger partial charge in [-0.25, -0.2) is 0 Å². The number of rotatable bonds is 12. The van der Waals surface area contributed by atoms with Crippen molar-refractivity contribution in [2.75, 3.05) is 26.2 Å². The summed E-state index contributed by atoms with van der Waals surface area (Å²) in [6, 6.07) is 0. The monoisotopic (exact) mass is 408 g/mol. The number of nitrogens with zero attached hydrogens (tertiary/aromatic N) is 2. The van der Waals surface area contributed by atoms with E-state index in [1.165, 1.54) is 10.5 Å². The van der Waals surface area contributed by atoms with Crippen molar-refractivity contribution in [2.24, 2.45) is 0 Å². The zero-order valence-corrected chi connectivity index (χ0v) is 18.7. The zero-order valence-electron chi connectivity index (χ0n) is 16.3. The summed E-state index contributed by atoms with van der Waals surface area (Å²) in [4.78, 5) is 0. The number of allylic oxidation sites excluding steroid dienone is 6. The van der Waals surface area contributed by atoms with Gasteiger partial charge in [-0.1, -0.05) is 38.8 Å². The van der Waals surface area contributed by atoms with E-state index in [-0.39, 0.29) is 23.2 Å². The maximum atomic E-state index is 4.16. The quantitative estimate of drug-likeness (QED) is 0.244. The molecule has 136 valence electrons. The number of hydrogen-bond acceptors (Lipinski definition) is 0. The Hall–Kier alpha value is -0.237. The first kappa shape index (κ1) is 26.0. The minimum absolute atomic E-state index is 0.0469. The molecule has 0 aromatic rings. The standard InChI is InChI=1S/2C7H14N.C5H5.C2H5.Zr/c2*1-3-5-6-7-8-4-2;1-2-4-5-3-1;1-2;/h2*3H,1,4-7H2,2H3;1-3H,4H2;1H2,2H3;/q2*-1;;;+2. The molecule has 0 radical (unpaired) electrons. The second-order valence-corrected chi connectivity index (χ2v) is 9.43. The molecule has 0 aliphatic heterocycles. The molecule has 24 heavy (non-hydrogen) atoms. The average Bonchev–Trinajstić information content (AvgIpc) is 3.11. The van der Waals surface area contributed by atoms with E-state index in [2.05, 4.69) is 62.8 Å². The Labute approximate surface area is 163 Å². The van der Waals surface area contributed by atoms with Crippen LogP contribution in [0.2, 0.25) is 4.13 Å². The number of hydrogen-bond donors (Lipinski definition) is 0. The molecular formula is C21H38N2Zr. The van der Waals surface area contributed by atoms with Gasteiger partial charge in [-0.3, -0.25) is 0 Å². The van der Waals surface area contributed by atoms with E-state index in [1.54, 1.807) is 3.28 Å². The maximum absolute atomic E-state index is 4.16. The zero-order chi connectivity index (χ0) is 18.3. The van der Waals surface area contributed by atoms with Gasteiger partial charge in [-0.2, -0.15) is 13.1 Å². The van der Waals surface area contributed by atoms with Gasteiger partial charge < -0.3 is 10.6 Å². The van der Waals surface area contributed by atoms with Crippen LogP contribution in [0.5, 0.6) is 0 Å². The fourth-order valence-corrected chi connectivity index (χ4v) is 4.10. The van der Waals surface area contributed by atoms with Crippen molar-refractivity contribution in [2.45, 2.75) is 57.0 Å². The summed E-state index contributed by atoms with van der Waals surface area (Å²) in [6.45, 7) is 17.6. The first-order valence-corrected chi connectivity index (χ1v) is 12.3. The summed E-state index contributed by atoms with van der Waals surface area (Å²) >= 11 is -0.0469. The van der Waals surface area contributed by atoms with Gasteiger partial charge in [0, 0.05) is 0 Å². The van der Waals surface area contributed by atoms with Crippen LogP contribution in [0.15, 0.2) is 46.8 Å². The molecule has 0 spiro atoms. The van der Waals surface area contributed by atoms with Crippen LogP contribution in [0, 0.1) is 0 Å². The van der Waals surface area contributed by atoms with Crippen molar-refractivity contribution in [3.8, 4) is 0 Å². The Bertz CT molecular complexity index is 306. The van der Waals surface area contributed by atoms with Gasteiger partial charge in [0.2, 0.25) is 0 Å². The Morgan fingerprint density at radius 2 is 1.54 bits per heavy atom. The predicted octanol–water partition coefficient (Wildman–Crippen LogP) is 7.04. The molecule has 0 saturated heterocycles. The summed E-state index contributed by atoms with van der Waals surface area (Å²) < 4.78 is 3.22. The molecule has 0 aromatic carbocycles. The van der Waals surface area contributed by atoms with Crippen LogP contribution in [0.1, 0.15) is 52.9 Å². The summed E-state index contributed by atoms with van der Waals surface area (Å²) in [7, 11) is 0. The normalized spacial score (nSPS) is 11.4. The summed E-state index contributed by atoms with van der Waals surface area (Å²) in [5.41, 5.74) is 0. The van der Waals surface area contributed by atoms with Gasteiger partial charge in [0.05, 0.1) is 0 Å². The third-order valence-electron chi connectivity index (χ3n) is 3.07. The fraction of sp³-hybridized carbons (Fsp3) is 0.619. The molecule has 1 aliphatic rings. The molecule has 0 bridgehead atoms. The molecule has 2 nitrogen and oxygen atoms in total. The molecule has 0 saturated carbocycles. The molecular weight excluding hydrogens is 371 g/mol. The molecule has 0 heterocycles. The van der Waals surface area contributed by atoms with Gasteiger partial charge in [0.25, 0.3) is 0 Å². The molecule has 1 rings (SSSR count). The van der Waals surface area contributed by atoms with Crippen LogP contribution < -0.4 is 0 Å². The first-order chi connectivity index (χ1) is 11.8. The molecule has 0 amide bonds. The van der Waals surface area contributed by atoms with E-state index in [0.29, 0.717) is 0 Å². The molecule has 0 N–H and O–H groups in total. The van der Waals surface area contributed by atoms with Gasteiger partial charge in [0.1, 0.15) is 0 Å². The van der Waals surface area contributed by atoms with Gasteiger partial charge in [0.15, 0.2) is 0 Å². The summed E-state index contributed by atoms with van der Waals surface area (Å²) in [5.74, 6) is 0. The predicted molar refractivity (Wildman–Crippen MR) is 109 cm³/mol. The first-order valence-electron chi connectivity index (χ1n) is 9.34. The van der Waals surface area contributed by atoms with E-state index in [0.717, 1.165) is 51.9 Å². The van der Waals surface area contributed by atoms with Gasteiger partial charge in [-0.15, -0.1) is 26.2 Å². The van der Waals surface area contributed by atoms with Crippen LogP contribution in [-0.2, 0) is 23.2 Å². The van der Waals surface area contributed by atoms with E-state index in [4.69, 9.17) is 0 Å². The molecule has 0 atom stereocenters. The molecule has 0 fully saturated rings. The van der Waals surface area contributed by atoms with Crippen molar-refractivity contribution < 1.29 is 23.2 Å². The summed E-state index contributed by atoms with van der Waals surface area (Å²) in [6.07, 6.45) is 16.4. The minimum atomic E-state index is -0.0469. The third-order valence-corrected chi connectivity index (χ3v) is 5.97. The van der Waals surface area contributed by atoms with Gasteiger partial charge >= 0.3 is 62.2 Å². The van der Waals surface area contributed by atoms with Crippen LogP contribution >= 0.6 is 0 Å². The van der Waals surface area contributed by atoms with Crippen LogP contribution in [0.4, 0.5) is 0 Å². The average molecular weight is 410 g/mol. The van der Waals surface area contributed by atoms with Crippen LogP contribution in [0.25, 0.3) is 10.6 Å². The Balaban J connectivity index is 0. The fourth-order valence-electron chi connectivity index (χ4n) is 1.82. The third kappa shape index (κ3) is 24.0. The van der Waals surface area contributed by atoms with E-state index < -0.39 is 0 Å². The van der Waals surface area contributed by atoms with E-state index in [9.17, 15) is 0 Å².